The van der Waals surface area contributed by atoms with Crippen LogP contribution in [0.25, 0.3) is 0 Å². The zero-order valence-corrected chi connectivity index (χ0v) is 11.1. The maximum Gasteiger partial charge on any atom is 0.150 e. The molecule has 0 bridgehead atoms. The maximum absolute atomic E-state index is 6.10. The summed E-state index contributed by atoms with van der Waals surface area (Å²) in [5, 5.41) is 4.45. The standard InChI is InChI=1S/C12H24N4/c1-6-10(7-2)15(5)12-11(13)9(4)14-16(12)8-3/h10H,6-8,13H2,1-5H3. The quantitative estimate of drug-likeness (QED) is 0.835. The molecule has 1 aromatic rings. The van der Waals surface area contributed by atoms with E-state index in [1.54, 1.807) is 0 Å². The number of hydrogen-bond acceptors (Lipinski definition) is 3. The molecule has 2 N–H and O–H groups in total. The van der Waals surface area contributed by atoms with E-state index < -0.39 is 0 Å². The summed E-state index contributed by atoms with van der Waals surface area (Å²) in [6.45, 7) is 9.33. The monoisotopic (exact) mass is 224 g/mol. The minimum atomic E-state index is 0.531. The molecule has 0 spiro atoms. The number of aryl methyl sites for hydroxylation is 2. The Hall–Kier alpha value is -1.19. The van der Waals surface area contributed by atoms with E-state index in [0.717, 1.165) is 36.6 Å². The van der Waals surface area contributed by atoms with Crippen molar-refractivity contribution in [2.45, 2.75) is 53.1 Å². The van der Waals surface area contributed by atoms with E-state index in [1.807, 2.05) is 11.6 Å². The lowest BCUT2D eigenvalue weighted by molar-refractivity contribution is 0.559. The number of nitrogens with two attached hydrogens (primary N) is 1. The van der Waals surface area contributed by atoms with Gasteiger partial charge in [-0.25, -0.2) is 4.68 Å². The van der Waals surface area contributed by atoms with Crippen LogP contribution in [0.2, 0.25) is 0 Å². The lowest BCUT2D eigenvalue weighted by Gasteiger charge is -2.29. The Morgan fingerprint density at radius 3 is 2.31 bits per heavy atom. The third kappa shape index (κ3) is 2.15. The van der Waals surface area contributed by atoms with Gasteiger partial charge in [-0.2, -0.15) is 5.10 Å². The van der Waals surface area contributed by atoms with Crippen LogP contribution in [0, 0.1) is 6.92 Å². The fraction of sp³-hybridized carbons (Fsp3) is 0.750. The van der Waals surface area contributed by atoms with E-state index in [1.165, 1.54) is 0 Å². The molecule has 0 aliphatic rings. The van der Waals surface area contributed by atoms with Crippen LogP contribution in [0.15, 0.2) is 0 Å². The molecule has 1 aromatic heterocycles. The van der Waals surface area contributed by atoms with Gasteiger partial charge in [-0.15, -0.1) is 0 Å². The lowest BCUT2D eigenvalue weighted by atomic mass is 10.1. The van der Waals surface area contributed by atoms with E-state index in [2.05, 4.69) is 37.8 Å². The van der Waals surface area contributed by atoms with Crippen LogP contribution in [0.1, 0.15) is 39.3 Å². The molecule has 4 heteroatoms. The topological polar surface area (TPSA) is 47.1 Å². The van der Waals surface area contributed by atoms with Crippen LogP contribution in [0.5, 0.6) is 0 Å². The summed E-state index contributed by atoms with van der Waals surface area (Å²) in [5.74, 6) is 1.06. The summed E-state index contributed by atoms with van der Waals surface area (Å²) in [6, 6.07) is 0.531. The summed E-state index contributed by atoms with van der Waals surface area (Å²) in [4.78, 5) is 2.26. The highest BCUT2D eigenvalue weighted by atomic mass is 15.4. The van der Waals surface area contributed by atoms with Gasteiger partial charge in [0.05, 0.1) is 11.4 Å². The van der Waals surface area contributed by atoms with E-state index >= 15 is 0 Å². The van der Waals surface area contributed by atoms with Gasteiger partial charge in [0.2, 0.25) is 0 Å². The van der Waals surface area contributed by atoms with Gasteiger partial charge < -0.3 is 10.6 Å². The first-order valence-electron chi connectivity index (χ1n) is 6.12. The van der Waals surface area contributed by atoms with Gasteiger partial charge in [-0.3, -0.25) is 0 Å². The molecule has 0 saturated heterocycles. The Balaban J connectivity index is 3.10. The number of nitrogens with zero attached hydrogens (tertiary/aromatic N) is 3. The molecule has 0 aromatic carbocycles. The summed E-state index contributed by atoms with van der Waals surface area (Å²) in [7, 11) is 2.11. The molecule has 0 fully saturated rings. The van der Waals surface area contributed by atoms with Crippen LogP contribution in [0.3, 0.4) is 0 Å². The predicted molar refractivity (Wildman–Crippen MR) is 69.8 cm³/mol. The summed E-state index contributed by atoms with van der Waals surface area (Å²) < 4.78 is 1.99. The number of rotatable bonds is 5. The molecular formula is C12H24N4. The largest absolute Gasteiger partial charge is 0.394 e. The summed E-state index contributed by atoms with van der Waals surface area (Å²) >= 11 is 0. The predicted octanol–water partition coefficient (Wildman–Crippen LogP) is 2.42. The highest BCUT2D eigenvalue weighted by Gasteiger charge is 2.20. The van der Waals surface area contributed by atoms with Gasteiger partial charge >= 0.3 is 0 Å². The molecule has 92 valence electrons. The Labute approximate surface area is 98.4 Å². The Kier molecular flexibility index (Phi) is 4.21. The van der Waals surface area contributed by atoms with Crippen LogP contribution in [-0.2, 0) is 6.54 Å². The SMILES string of the molecule is CCC(CC)N(C)c1c(N)c(C)nn1CC. The fourth-order valence-corrected chi connectivity index (χ4v) is 2.19. The van der Waals surface area contributed by atoms with Crippen LogP contribution in [0.4, 0.5) is 11.5 Å². The number of hydrogen-bond donors (Lipinski definition) is 1. The average Bonchev–Trinajstić information content (AvgIpc) is 2.56. The van der Waals surface area contributed by atoms with Gasteiger partial charge in [-0.1, -0.05) is 13.8 Å². The third-order valence-corrected chi connectivity index (χ3v) is 3.27. The molecule has 0 aliphatic heterocycles. The Morgan fingerprint density at radius 2 is 1.88 bits per heavy atom. The van der Waals surface area contributed by atoms with Crippen LogP contribution in [-0.4, -0.2) is 22.9 Å². The van der Waals surface area contributed by atoms with Crippen molar-refractivity contribution in [1.82, 2.24) is 9.78 Å². The number of anilines is 2. The normalized spacial score (nSPS) is 11.1. The molecule has 4 nitrogen and oxygen atoms in total. The molecule has 0 unspecified atom stereocenters. The van der Waals surface area contributed by atoms with Crippen molar-refractivity contribution in [2.24, 2.45) is 0 Å². The van der Waals surface area contributed by atoms with E-state index in [4.69, 9.17) is 5.73 Å². The van der Waals surface area contributed by atoms with Gasteiger partial charge in [-0.05, 0) is 26.7 Å². The van der Waals surface area contributed by atoms with E-state index in [9.17, 15) is 0 Å². The Bertz CT molecular complexity index is 339. The fourth-order valence-electron chi connectivity index (χ4n) is 2.19. The van der Waals surface area contributed by atoms with Crippen molar-refractivity contribution >= 4 is 11.5 Å². The third-order valence-electron chi connectivity index (χ3n) is 3.27. The van der Waals surface area contributed by atoms with Crippen molar-refractivity contribution in [3.05, 3.63) is 5.69 Å². The van der Waals surface area contributed by atoms with E-state index in [-0.39, 0.29) is 0 Å². The molecule has 0 amide bonds. The first-order chi connectivity index (χ1) is 7.56. The summed E-state index contributed by atoms with van der Waals surface area (Å²) in [6.07, 6.45) is 2.25. The van der Waals surface area contributed by atoms with Crippen molar-refractivity contribution in [2.75, 3.05) is 17.7 Å². The molecule has 0 atom stereocenters. The van der Waals surface area contributed by atoms with Crippen LogP contribution >= 0.6 is 0 Å². The van der Waals surface area contributed by atoms with Gasteiger partial charge in [0, 0.05) is 19.6 Å². The minimum absolute atomic E-state index is 0.531. The lowest BCUT2D eigenvalue weighted by Crippen LogP contribution is -2.32. The highest BCUT2D eigenvalue weighted by molar-refractivity contribution is 5.66. The molecule has 0 radical (unpaired) electrons. The average molecular weight is 224 g/mol. The van der Waals surface area contributed by atoms with Crippen molar-refractivity contribution < 1.29 is 0 Å². The van der Waals surface area contributed by atoms with Crippen LogP contribution < -0.4 is 10.6 Å². The second kappa shape index (κ2) is 5.23. The van der Waals surface area contributed by atoms with Gasteiger partial charge in [0.25, 0.3) is 0 Å². The Morgan fingerprint density at radius 1 is 1.31 bits per heavy atom. The second-order valence-electron chi connectivity index (χ2n) is 4.22. The zero-order chi connectivity index (χ0) is 12.3. The summed E-state index contributed by atoms with van der Waals surface area (Å²) in [5.41, 5.74) is 7.84. The molecule has 1 rings (SSSR count). The van der Waals surface area contributed by atoms with Crippen molar-refractivity contribution in [1.29, 1.82) is 0 Å². The number of nitrogen functional groups attached to an aromatic ring is 1. The maximum atomic E-state index is 6.10. The highest BCUT2D eigenvalue weighted by Crippen LogP contribution is 2.28. The number of aromatic nitrogens is 2. The smallest absolute Gasteiger partial charge is 0.150 e. The first kappa shape index (κ1) is 12.9. The second-order valence-corrected chi connectivity index (χ2v) is 4.22. The molecule has 0 aliphatic carbocycles. The minimum Gasteiger partial charge on any atom is -0.394 e. The zero-order valence-electron chi connectivity index (χ0n) is 11.1. The molecule has 0 saturated carbocycles. The van der Waals surface area contributed by atoms with Crippen molar-refractivity contribution in [3.63, 3.8) is 0 Å². The van der Waals surface area contributed by atoms with Gasteiger partial charge in [0.1, 0.15) is 0 Å². The molecule has 16 heavy (non-hydrogen) atoms. The first-order valence-corrected chi connectivity index (χ1v) is 6.12. The molecular weight excluding hydrogens is 200 g/mol. The molecule has 1 heterocycles. The van der Waals surface area contributed by atoms with Crippen molar-refractivity contribution in [3.8, 4) is 0 Å². The van der Waals surface area contributed by atoms with Gasteiger partial charge in [0.15, 0.2) is 5.82 Å². The van der Waals surface area contributed by atoms with E-state index in [0.29, 0.717) is 6.04 Å².